The van der Waals surface area contributed by atoms with Gasteiger partial charge in [0, 0.05) is 17.8 Å². The Kier molecular flexibility index (Phi) is 7.11. The molecular weight excluding hydrogens is 497 g/mol. The molecular formula is C23H30FN3O6S2. The molecule has 1 N–H and O–H groups in total. The first kappa shape index (κ1) is 26.7. The molecule has 12 heteroatoms. The standard InChI is InChI=1S/C23H30FN3O6S2/c1-14(2)13-34(28,29)26-17-9-15(8-16(24)22(17)33-7)18-11-25-21-10-19(32-6)20(12-27(18)21)35(30,31)23(3,4)5/h8-12,14,26H,13H2,1-7H3. The van der Waals surface area contributed by atoms with Crippen LogP contribution < -0.4 is 14.2 Å². The fourth-order valence-electron chi connectivity index (χ4n) is 3.56. The summed E-state index contributed by atoms with van der Waals surface area (Å²) in [5.41, 5.74) is 0.901. The predicted octanol–water partition coefficient (Wildman–Crippen LogP) is 4.13. The highest BCUT2D eigenvalue weighted by atomic mass is 32.2. The molecule has 0 radical (unpaired) electrons. The summed E-state index contributed by atoms with van der Waals surface area (Å²) in [6.07, 6.45) is 2.82. The number of rotatable bonds is 8. The monoisotopic (exact) mass is 527 g/mol. The molecule has 0 aliphatic heterocycles. The van der Waals surface area contributed by atoms with Crippen LogP contribution in [0.3, 0.4) is 0 Å². The molecule has 192 valence electrons. The van der Waals surface area contributed by atoms with Crippen LogP contribution in [-0.2, 0) is 19.9 Å². The summed E-state index contributed by atoms with van der Waals surface area (Å²) < 4.78 is 79.7. The number of sulfonamides is 1. The van der Waals surface area contributed by atoms with Crippen molar-refractivity contribution >= 4 is 31.2 Å². The van der Waals surface area contributed by atoms with Gasteiger partial charge >= 0.3 is 0 Å². The molecule has 0 unspecified atom stereocenters. The van der Waals surface area contributed by atoms with Crippen molar-refractivity contribution in [2.45, 2.75) is 44.3 Å². The van der Waals surface area contributed by atoms with Gasteiger partial charge in [-0.05, 0) is 38.8 Å². The quantitative estimate of drug-likeness (QED) is 0.468. The summed E-state index contributed by atoms with van der Waals surface area (Å²) >= 11 is 0. The molecule has 3 rings (SSSR count). The van der Waals surface area contributed by atoms with Crippen molar-refractivity contribution in [1.82, 2.24) is 9.38 Å². The number of nitrogens with zero attached hydrogens (tertiary/aromatic N) is 2. The molecule has 0 aliphatic carbocycles. The summed E-state index contributed by atoms with van der Waals surface area (Å²) in [6, 6.07) is 4.07. The zero-order valence-corrected chi connectivity index (χ0v) is 22.3. The number of aromatic nitrogens is 2. The van der Waals surface area contributed by atoms with Crippen LogP contribution in [0.15, 0.2) is 35.5 Å². The van der Waals surface area contributed by atoms with Gasteiger partial charge in [0.2, 0.25) is 10.0 Å². The molecule has 3 aromatic rings. The predicted molar refractivity (Wildman–Crippen MR) is 133 cm³/mol. The van der Waals surface area contributed by atoms with Gasteiger partial charge in [0.25, 0.3) is 0 Å². The van der Waals surface area contributed by atoms with Crippen LogP contribution in [0.25, 0.3) is 16.9 Å². The second-order valence-corrected chi connectivity index (χ2v) is 13.9. The second-order valence-electron chi connectivity index (χ2n) is 9.51. The Balaban J connectivity index is 2.24. The van der Waals surface area contributed by atoms with Crippen LogP contribution in [0.1, 0.15) is 34.6 Å². The zero-order valence-electron chi connectivity index (χ0n) is 20.7. The van der Waals surface area contributed by atoms with Gasteiger partial charge in [0.05, 0.1) is 42.3 Å². The van der Waals surface area contributed by atoms with Crippen LogP contribution in [0, 0.1) is 11.7 Å². The molecule has 9 nitrogen and oxygen atoms in total. The Bertz CT molecular complexity index is 1470. The molecule has 2 heterocycles. The Morgan fingerprint density at radius 1 is 1.09 bits per heavy atom. The second kappa shape index (κ2) is 9.30. The molecule has 0 aliphatic rings. The van der Waals surface area contributed by atoms with Crippen molar-refractivity contribution in [2.75, 3.05) is 24.7 Å². The number of methoxy groups -OCH3 is 2. The smallest absolute Gasteiger partial charge is 0.233 e. The molecule has 0 spiro atoms. The van der Waals surface area contributed by atoms with E-state index in [-0.39, 0.29) is 39.3 Å². The number of fused-ring (bicyclic) bond motifs is 1. The molecule has 0 amide bonds. The minimum Gasteiger partial charge on any atom is -0.495 e. The Hall–Kier alpha value is -2.86. The topological polar surface area (TPSA) is 116 Å². The van der Waals surface area contributed by atoms with Gasteiger partial charge < -0.3 is 9.47 Å². The zero-order chi connectivity index (χ0) is 26.3. The van der Waals surface area contributed by atoms with E-state index in [1.54, 1.807) is 34.6 Å². The van der Waals surface area contributed by atoms with Crippen molar-refractivity contribution in [1.29, 1.82) is 0 Å². The SMILES string of the molecule is COc1cc2ncc(-c3cc(F)c(OC)c(NS(=O)(=O)CC(C)C)c3)n2cc1S(=O)(=O)C(C)(C)C. The van der Waals surface area contributed by atoms with Gasteiger partial charge in [0.15, 0.2) is 21.4 Å². The van der Waals surface area contributed by atoms with Gasteiger partial charge in [-0.3, -0.25) is 9.12 Å². The van der Waals surface area contributed by atoms with E-state index in [0.29, 0.717) is 11.3 Å². The molecule has 0 saturated heterocycles. The van der Waals surface area contributed by atoms with Crippen LogP contribution in [-0.4, -0.2) is 50.9 Å². The molecule has 2 aromatic heterocycles. The van der Waals surface area contributed by atoms with Crippen molar-refractivity contribution in [3.8, 4) is 22.8 Å². The van der Waals surface area contributed by atoms with Crippen molar-refractivity contribution in [3.05, 3.63) is 36.4 Å². The van der Waals surface area contributed by atoms with Crippen molar-refractivity contribution < 1.29 is 30.7 Å². The minimum absolute atomic E-state index is 0.0499. The normalized spacial score (nSPS) is 12.8. The van der Waals surface area contributed by atoms with Crippen LogP contribution in [0.2, 0.25) is 0 Å². The Morgan fingerprint density at radius 2 is 1.74 bits per heavy atom. The first-order valence-electron chi connectivity index (χ1n) is 10.8. The molecule has 35 heavy (non-hydrogen) atoms. The van der Waals surface area contributed by atoms with Gasteiger partial charge in [-0.25, -0.2) is 26.2 Å². The number of anilines is 1. The number of pyridine rings is 1. The number of halogens is 1. The highest BCUT2D eigenvalue weighted by molar-refractivity contribution is 7.93. The van der Waals surface area contributed by atoms with E-state index in [0.717, 1.165) is 0 Å². The third-order valence-electron chi connectivity index (χ3n) is 5.25. The van der Waals surface area contributed by atoms with Gasteiger partial charge in [-0.2, -0.15) is 0 Å². The average molecular weight is 528 g/mol. The van der Waals surface area contributed by atoms with Gasteiger partial charge in [-0.1, -0.05) is 13.8 Å². The first-order valence-corrected chi connectivity index (χ1v) is 13.9. The van der Waals surface area contributed by atoms with E-state index in [9.17, 15) is 21.2 Å². The van der Waals surface area contributed by atoms with E-state index < -0.39 is 30.4 Å². The number of sulfone groups is 1. The van der Waals surface area contributed by atoms with Crippen LogP contribution >= 0.6 is 0 Å². The lowest BCUT2D eigenvalue weighted by Crippen LogP contribution is -2.28. The fourth-order valence-corrected chi connectivity index (χ4v) is 6.32. The molecule has 0 saturated carbocycles. The molecule has 0 atom stereocenters. The summed E-state index contributed by atoms with van der Waals surface area (Å²) in [5.74, 6) is -1.23. The number of imidazole rings is 1. The number of nitrogens with one attached hydrogen (secondary N) is 1. The van der Waals surface area contributed by atoms with E-state index in [2.05, 4.69) is 9.71 Å². The fraction of sp³-hybridized carbons (Fsp3) is 0.435. The third kappa shape index (κ3) is 5.22. The van der Waals surface area contributed by atoms with Crippen LogP contribution in [0.4, 0.5) is 10.1 Å². The van der Waals surface area contributed by atoms with E-state index in [1.807, 2.05) is 0 Å². The van der Waals surface area contributed by atoms with Gasteiger partial charge in [0.1, 0.15) is 16.3 Å². The highest BCUT2D eigenvalue weighted by Gasteiger charge is 2.34. The van der Waals surface area contributed by atoms with E-state index in [1.165, 1.54) is 49.2 Å². The maximum Gasteiger partial charge on any atom is 0.233 e. The lowest BCUT2D eigenvalue weighted by Gasteiger charge is -2.21. The highest BCUT2D eigenvalue weighted by Crippen LogP contribution is 2.37. The summed E-state index contributed by atoms with van der Waals surface area (Å²) in [6.45, 7) is 8.24. The third-order valence-corrected chi connectivity index (χ3v) is 9.39. The number of benzene rings is 1. The van der Waals surface area contributed by atoms with Crippen molar-refractivity contribution in [3.63, 3.8) is 0 Å². The first-order chi connectivity index (χ1) is 16.1. The maximum absolute atomic E-state index is 15.0. The van der Waals surface area contributed by atoms with Crippen molar-refractivity contribution in [2.24, 2.45) is 5.92 Å². The minimum atomic E-state index is -3.81. The largest absolute Gasteiger partial charge is 0.495 e. The number of ether oxygens (including phenoxy) is 2. The Morgan fingerprint density at radius 3 is 2.29 bits per heavy atom. The summed E-state index contributed by atoms with van der Waals surface area (Å²) in [5, 5.41) is 0. The summed E-state index contributed by atoms with van der Waals surface area (Å²) in [7, 11) is -4.98. The molecule has 0 bridgehead atoms. The van der Waals surface area contributed by atoms with Gasteiger partial charge in [-0.15, -0.1) is 0 Å². The lowest BCUT2D eigenvalue weighted by molar-refractivity contribution is 0.389. The number of hydrogen-bond donors (Lipinski definition) is 1. The Labute approximate surface area is 205 Å². The lowest BCUT2D eigenvalue weighted by atomic mass is 10.1. The van der Waals surface area contributed by atoms with E-state index >= 15 is 0 Å². The summed E-state index contributed by atoms with van der Waals surface area (Å²) in [4.78, 5) is 4.25. The van der Waals surface area contributed by atoms with Crippen LogP contribution in [0.5, 0.6) is 11.5 Å². The molecule has 1 aromatic carbocycles. The molecule has 0 fully saturated rings. The number of hydrogen-bond acceptors (Lipinski definition) is 7. The average Bonchev–Trinajstić information content (AvgIpc) is 3.13. The van der Waals surface area contributed by atoms with E-state index in [4.69, 9.17) is 9.47 Å². The maximum atomic E-state index is 15.0.